The molecule has 0 amide bonds. The van der Waals surface area contributed by atoms with E-state index in [9.17, 15) is 18.0 Å². The minimum atomic E-state index is -4.36. The smallest absolute Gasteiger partial charge is 0.416 e. The average molecular weight is 367 g/mol. The molecule has 1 N–H and O–H groups in total. The molecular formula is C16H12F3N3O2S. The fraction of sp³-hybridized carbons (Fsp3) is 0.188. The molecule has 25 heavy (non-hydrogen) atoms. The maximum atomic E-state index is 12.6. The van der Waals surface area contributed by atoms with E-state index in [4.69, 9.17) is 5.11 Å². The van der Waals surface area contributed by atoms with Crippen molar-refractivity contribution in [3.8, 4) is 10.7 Å². The van der Waals surface area contributed by atoms with E-state index in [1.165, 1.54) is 12.1 Å². The highest BCUT2D eigenvalue weighted by Crippen LogP contribution is 2.29. The Morgan fingerprint density at radius 3 is 2.48 bits per heavy atom. The predicted octanol–water partition coefficient (Wildman–Crippen LogP) is 4.08. The van der Waals surface area contributed by atoms with E-state index >= 15 is 0 Å². The zero-order valence-corrected chi connectivity index (χ0v) is 13.7. The van der Waals surface area contributed by atoms with Gasteiger partial charge in [0, 0.05) is 6.20 Å². The first-order valence-electron chi connectivity index (χ1n) is 7.15. The number of benzene rings is 1. The Kier molecular flexibility index (Phi) is 4.34. The van der Waals surface area contributed by atoms with Gasteiger partial charge in [0.25, 0.3) is 0 Å². The number of halogens is 3. The van der Waals surface area contributed by atoms with E-state index in [1.54, 1.807) is 23.9 Å². The molecule has 5 nitrogen and oxygen atoms in total. The molecule has 0 aliphatic rings. The molecule has 0 atom stereocenters. The van der Waals surface area contributed by atoms with Gasteiger partial charge in [0.2, 0.25) is 0 Å². The second-order valence-corrected chi connectivity index (χ2v) is 6.33. The van der Waals surface area contributed by atoms with Crippen molar-refractivity contribution < 1.29 is 23.1 Å². The van der Waals surface area contributed by atoms with Crippen LogP contribution in [0.3, 0.4) is 0 Å². The van der Waals surface area contributed by atoms with Crippen molar-refractivity contribution in [1.29, 1.82) is 0 Å². The number of alkyl halides is 3. The first-order chi connectivity index (χ1) is 11.7. The van der Waals surface area contributed by atoms with Gasteiger partial charge < -0.3 is 5.11 Å². The molecule has 130 valence electrons. The van der Waals surface area contributed by atoms with Crippen molar-refractivity contribution in [2.45, 2.75) is 19.6 Å². The van der Waals surface area contributed by atoms with E-state index in [0.717, 1.165) is 23.5 Å². The monoisotopic (exact) mass is 367 g/mol. The summed E-state index contributed by atoms with van der Waals surface area (Å²) in [6.45, 7) is 1.91. The van der Waals surface area contributed by atoms with Gasteiger partial charge in [-0.3, -0.25) is 4.68 Å². The number of rotatable bonds is 4. The van der Waals surface area contributed by atoms with Gasteiger partial charge >= 0.3 is 12.1 Å². The number of aromatic carboxylic acids is 1. The van der Waals surface area contributed by atoms with Crippen LogP contribution >= 0.6 is 11.3 Å². The summed E-state index contributed by atoms with van der Waals surface area (Å²) >= 11 is 1.03. The van der Waals surface area contributed by atoms with Gasteiger partial charge in [-0.2, -0.15) is 18.3 Å². The number of aromatic nitrogens is 3. The van der Waals surface area contributed by atoms with Crippen LogP contribution in [0.2, 0.25) is 0 Å². The fourth-order valence-electron chi connectivity index (χ4n) is 2.25. The average Bonchev–Trinajstić information content (AvgIpc) is 3.13. The van der Waals surface area contributed by atoms with E-state index < -0.39 is 17.7 Å². The third kappa shape index (κ3) is 3.71. The van der Waals surface area contributed by atoms with Crippen LogP contribution in [0, 0.1) is 6.92 Å². The minimum Gasteiger partial charge on any atom is -0.477 e. The summed E-state index contributed by atoms with van der Waals surface area (Å²) in [5.74, 6) is -1.04. The summed E-state index contributed by atoms with van der Waals surface area (Å²) in [5.41, 5.74) is 0.915. The summed E-state index contributed by atoms with van der Waals surface area (Å²) in [6, 6.07) is 6.56. The molecule has 2 heterocycles. The first kappa shape index (κ1) is 17.2. The largest absolute Gasteiger partial charge is 0.477 e. The van der Waals surface area contributed by atoms with E-state index in [-0.39, 0.29) is 4.88 Å². The second-order valence-electron chi connectivity index (χ2n) is 5.33. The highest BCUT2D eigenvalue weighted by molar-refractivity contribution is 7.17. The number of thiazole rings is 1. The van der Waals surface area contributed by atoms with Crippen LogP contribution in [0.4, 0.5) is 13.2 Å². The van der Waals surface area contributed by atoms with Gasteiger partial charge in [0.05, 0.1) is 17.8 Å². The van der Waals surface area contributed by atoms with Crippen LogP contribution in [0.1, 0.15) is 26.5 Å². The molecular weight excluding hydrogens is 355 g/mol. The third-order valence-electron chi connectivity index (χ3n) is 3.48. The SMILES string of the molecule is Cc1nc(-c2ccn(Cc3ccc(C(F)(F)F)cc3)n2)sc1C(=O)O. The Hall–Kier alpha value is -2.68. The number of carboxylic acid groups (broad SMARTS) is 1. The standard InChI is InChI=1S/C16H12F3N3O2S/c1-9-13(15(23)24)25-14(20-9)12-6-7-22(21-12)8-10-2-4-11(5-3-10)16(17,18)19/h2-7H,8H2,1H3,(H,23,24). The lowest BCUT2D eigenvalue weighted by Crippen LogP contribution is -2.05. The van der Waals surface area contributed by atoms with Crippen molar-refractivity contribution in [3.05, 3.63) is 58.2 Å². The number of hydrogen-bond donors (Lipinski definition) is 1. The topological polar surface area (TPSA) is 68.0 Å². The van der Waals surface area contributed by atoms with Crippen LogP contribution < -0.4 is 0 Å². The van der Waals surface area contributed by atoms with Gasteiger partial charge in [-0.15, -0.1) is 11.3 Å². The van der Waals surface area contributed by atoms with Crippen molar-refractivity contribution in [3.63, 3.8) is 0 Å². The quantitative estimate of drug-likeness (QED) is 0.754. The molecule has 0 spiro atoms. The summed E-state index contributed by atoms with van der Waals surface area (Å²) in [5, 5.41) is 13.9. The van der Waals surface area contributed by atoms with E-state index in [1.807, 2.05) is 0 Å². The maximum absolute atomic E-state index is 12.6. The number of nitrogens with zero attached hydrogens (tertiary/aromatic N) is 3. The van der Waals surface area contributed by atoms with Gasteiger partial charge in [-0.1, -0.05) is 12.1 Å². The predicted molar refractivity (Wildman–Crippen MR) is 85.6 cm³/mol. The van der Waals surface area contributed by atoms with E-state index in [0.29, 0.717) is 28.5 Å². The molecule has 2 aromatic heterocycles. The van der Waals surface area contributed by atoms with Crippen LogP contribution in [0.5, 0.6) is 0 Å². The van der Waals surface area contributed by atoms with Gasteiger partial charge in [0.1, 0.15) is 15.6 Å². The highest BCUT2D eigenvalue weighted by Gasteiger charge is 2.29. The van der Waals surface area contributed by atoms with Crippen LogP contribution in [-0.4, -0.2) is 25.8 Å². The number of aryl methyl sites for hydroxylation is 1. The molecule has 0 aliphatic carbocycles. The molecule has 9 heteroatoms. The summed E-state index contributed by atoms with van der Waals surface area (Å²) in [4.78, 5) is 15.4. The normalized spacial score (nSPS) is 11.7. The van der Waals surface area contributed by atoms with Crippen LogP contribution in [-0.2, 0) is 12.7 Å². The lowest BCUT2D eigenvalue weighted by atomic mass is 10.1. The summed E-state index contributed by atoms with van der Waals surface area (Å²) < 4.78 is 39.3. The van der Waals surface area contributed by atoms with Gasteiger partial charge in [0.15, 0.2) is 0 Å². The molecule has 1 aromatic carbocycles. The summed E-state index contributed by atoms with van der Waals surface area (Å²) in [6.07, 6.45) is -2.69. The Bertz CT molecular complexity index is 914. The molecule has 0 radical (unpaired) electrons. The summed E-state index contributed by atoms with van der Waals surface area (Å²) in [7, 11) is 0. The molecule has 0 bridgehead atoms. The Morgan fingerprint density at radius 1 is 1.24 bits per heavy atom. The lowest BCUT2D eigenvalue weighted by molar-refractivity contribution is -0.137. The van der Waals surface area contributed by atoms with E-state index in [2.05, 4.69) is 10.1 Å². The zero-order valence-electron chi connectivity index (χ0n) is 12.9. The molecule has 0 aliphatic heterocycles. The first-order valence-corrected chi connectivity index (χ1v) is 7.96. The fourth-order valence-corrected chi connectivity index (χ4v) is 3.12. The van der Waals surface area contributed by atoms with Gasteiger partial charge in [-0.25, -0.2) is 9.78 Å². The second kappa shape index (κ2) is 6.32. The molecule has 0 saturated heterocycles. The number of hydrogen-bond acceptors (Lipinski definition) is 4. The molecule has 0 unspecified atom stereocenters. The Morgan fingerprint density at radius 2 is 1.92 bits per heavy atom. The Balaban J connectivity index is 1.78. The lowest BCUT2D eigenvalue weighted by Gasteiger charge is -2.07. The minimum absolute atomic E-state index is 0.160. The number of carboxylic acids is 1. The van der Waals surface area contributed by atoms with Gasteiger partial charge in [-0.05, 0) is 30.7 Å². The Labute approximate surface area is 144 Å². The molecule has 0 fully saturated rings. The maximum Gasteiger partial charge on any atom is 0.416 e. The van der Waals surface area contributed by atoms with Crippen molar-refractivity contribution in [2.75, 3.05) is 0 Å². The van der Waals surface area contributed by atoms with Crippen molar-refractivity contribution in [1.82, 2.24) is 14.8 Å². The third-order valence-corrected chi connectivity index (χ3v) is 4.64. The van der Waals surface area contributed by atoms with Crippen molar-refractivity contribution >= 4 is 17.3 Å². The molecule has 3 aromatic rings. The number of carbonyl (C=O) groups is 1. The highest BCUT2D eigenvalue weighted by atomic mass is 32.1. The van der Waals surface area contributed by atoms with Crippen LogP contribution in [0.15, 0.2) is 36.5 Å². The molecule has 0 saturated carbocycles. The van der Waals surface area contributed by atoms with Crippen molar-refractivity contribution in [2.24, 2.45) is 0 Å². The molecule has 3 rings (SSSR count). The van der Waals surface area contributed by atoms with Crippen LogP contribution in [0.25, 0.3) is 10.7 Å². The zero-order chi connectivity index (χ0) is 18.2.